The number of aromatic nitrogens is 2. The summed E-state index contributed by atoms with van der Waals surface area (Å²) in [5.41, 5.74) is 2.51. The van der Waals surface area contributed by atoms with Gasteiger partial charge in [0.2, 0.25) is 0 Å². The second-order valence-corrected chi connectivity index (χ2v) is 7.98. The van der Waals surface area contributed by atoms with E-state index in [0.29, 0.717) is 22.3 Å². The average molecular weight is 363 g/mol. The van der Waals surface area contributed by atoms with E-state index in [9.17, 15) is 4.79 Å². The van der Waals surface area contributed by atoms with Gasteiger partial charge in [-0.2, -0.15) is 5.10 Å². The van der Waals surface area contributed by atoms with Crippen molar-refractivity contribution in [3.8, 4) is 0 Å². The minimum atomic E-state index is 0.0723. The summed E-state index contributed by atoms with van der Waals surface area (Å²) in [5.74, 6) is 1.02. The van der Waals surface area contributed by atoms with Crippen LogP contribution in [0.25, 0.3) is 0 Å². The van der Waals surface area contributed by atoms with E-state index in [1.165, 1.54) is 29.7 Å². The normalized spacial score (nSPS) is 17.7. The van der Waals surface area contributed by atoms with Crippen LogP contribution in [-0.4, -0.2) is 47.2 Å². The molecule has 4 rings (SSSR count). The summed E-state index contributed by atoms with van der Waals surface area (Å²) in [6, 6.07) is 5.77. The molecule has 0 saturated carbocycles. The molecule has 1 fully saturated rings. The third-order valence-electron chi connectivity index (χ3n) is 4.73. The quantitative estimate of drug-likeness (QED) is 0.824. The second-order valence-electron chi connectivity index (χ2n) is 6.26. The van der Waals surface area contributed by atoms with E-state index in [-0.39, 0.29) is 5.91 Å². The number of hydrogen-bond donors (Lipinski definition) is 0. The summed E-state index contributed by atoms with van der Waals surface area (Å²) in [5, 5.41) is 8.82. The molecule has 0 aromatic carbocycles. The van der Waals surface area contributed by atoms with Gasteiger partial charge in [0.15, 0.2) is 5.82 Å². The largest absolute Gasteiger partial charge is 0.352 e. The summed E-state index contributed by atoms with van der Waals surface area (Å²) in [7, 11) is 0. The Morgan fingerprint density at radius 3 is 2.62 bits per heavy atom. The molecular weight excluding hydrogens is 344 g/mol. The number of aryl methyl sites for hydroxylation is 2. The summed E-state index contributed by atoms with van der Waals surface area (Å²) in [4.78, 5) is 17.3. The van der Waals surface area contributed by atoms with Crippen molar-refractivity contribution < 1.29 is 4.79 Å². The van der Waals surface area contributed by atoms with E-state index in [1.54, 1.807) is 12.1 Å². The molecule has 24 heavy (non-hydrogen) atoms. The Morgan fingerprint density at radius 2 is 1.88 bits per heavy atom. The topological polar surface area (TPSA) is 49.3 Å². The van der Waals surface area contributed by atoms with Crippen molar-refractivity contribution in [3.63, 3.8) is 0 Å². The Kier molecular flexibility index (Phi) is 4.41. The molecular formula is C17H19ClN4OS. The van der Waals surface area contributed by atoms with Crippen LogP contribution in [0.15, 0.2) is 18.2 Å². The molecule has 0 N–H and O–H groups in total. The van der Waals surface area contributed by atoms with Crippen LogP contribution in [0.5, 0.6) is 0 Å². The molecule has 3 heterocycles. The van der Waals surface area contributed by atoms with Crippen LogP contribution < -0.4 is 4.90 Å². The Balaban J connectivity index is 1.42. The maximum Gasteiger partial charge on any atom is 0.264 e. The first-order chi connectivity index (χ1) is 11.7. The molecule has 0 unspecified atom stereocenters. The maximum absolute atomic E-state index is 12.5. The highest BCUT2D eigenvalue weighted by Crippen LogP contribution is 2.25. The number of carbonyl (C=O) groups excluding carboxylic acids is 1. The lowest BCUT2D eigenvalue weighted by molar-refractivity contribution is 0.0751. The summed E-state index contributed by atoms with van der Waals surface area (Å²) >= 11 is 7.27. The molecule has 126 valence electrons. The van der Waals surface area contributed by atoms with E-state index < -0.39 is 0 Å². The number of fused-ring (bicyclic) bond motifs is 1. The Hall–Kier alpha value is -1.66. The molecule has 0 spiro atoms. The van der Waals surface area contributed by atoms with E-state index >= 15 is 0 Å². The fourth-order valence-electron chi connectivity index (χ4n) is 3.36. The zero-order valence-corrected chi connectivity index (χ0v) is 14.9. The van der Waals surface area contributed by atoms with Crippen molar-refractivity contribution >= 4 is 34.7 Å². The van der Waals surface area contributed by atoms with Crippen LogP contribution in [0.4, 0.5) is 5.82 Å². The van der Waals surface area contributed by atoms with Crippen LogP contribution in [0.1, 0.15) is 33.8 Å². The number of anilines is 1. The predicted octanol–water partition coefficient (Wildman–Crippen LogP) is 3.03. The first-order valence-corrected chi connectivity index (χ1v) is 9.55. The number of nitrogens with zero attached hydrogens (tertiary/aromatic N) is 4. The first-order valence-electron chi connectivity index (χ1n) is 8.36. The van der Waals surface area contributed by atoms with Crippen molar-refractivity contribution in [2.45, 2.75) is 25.7 Å². The first kappa shape index (κ1) is 15.8. The van der Waals surface area contributed by atoms with Gasteiger partial charge in [-0.1, -0.05) is 11.6 Å². The van der Waals surface area contributed by atoms with Crippen molar-refractivity contribution in [3.05, 3.63) is 38.7 Å². The van der Waals surface area contributed by atoms with Crippen LogP contribution in [0, 0.1) is 0 Å². The number of rotatable bonds is 2. The molecule has 2 aromatic rings. The van der Waals surface area contributed by atoms with Gasteiger partial charge in [0, 0.05) is 26.2 Å². The Bertz CT molecular complexity index is 755. The van der Waals surface area contributed by atoms with Crippen molar-refractivity contribution in [1.82, 2.24) is 15.1 Å². The van der Waals surface area contributed by atoms with E-state index in [0.717, 1.165) is 37.4 Å². The molecule has 1 aliphatic heterocycles. The second kappa shape index (κ2) is 6.69. The Morgan fingerprint density at radius 1 is 1.08 bits per heavy atom. The SMILES string of the molecule is O=C(c1ccc(Cl)s1)N1CCN(c2cc3c(nn2)CCCC3)CC1. The lowest BCUT2D eigenvalue weighted by Crippen LogP contribution is -2.49. The van der Waals surface area contributed by atoms with Gasteiger partial charge in [-0.05, 0) is 49.4 Å². The third-order valence-corrected chi connectivity index (χ3v) is 5.95. The molecule has 5 nitrogen and oxygen atoms in total. The molecule has 0 atom stereocenters. The van der Waals surface area contributed by atoms with Gasteiger partial charge in [-0.15, -0.1) is 16.4 Å². The minimum absolute atomic E-state index is 0.0723. The third kappa shape index (κ3) is 3.13. The van der Waals surface area contributed by atoms with Gasteiger partial charge < -0.3 is 9.80 Å². The summed E-state index contributed by atoms with van der Waals surface area (Å²) in [6.45, 7) is 2.98. The fourth-order valence-corrected chi connectivity index (χ4v) is 4.37. The van der Waals surface area contributed by atoms with Crippen LogP contribution in [0.2, 0.25) is 4.34 Å². The minimum Gasteiger partial charge on any atom is -0.352 e. The van der Waals surface area contributed by atoms with Crippen molar-refractivity contribution in [1.29, 1.82) is 0 Å². The highest BCUT2D eigenvalue weighted by atomic mass is 35.5. The number of amides is 1. The van der Waals surface area contributed by atoms with Crippen LogP contribution >= 0.6 is 22.9 Å². The zero-order valence-electron chi connectivity index (χ0n) is 13.4. The smallest absolute Gasteiger partial charge is 0.264 e. The van der Waals surface area contributed by atoms with Gasteiger partial charge in [0.1, 0.15) is 0 Å². The molecule has 0 bridgehead atoms. The lowest BCUT2D eigenvalue weighted by atomic mass is 9.97. The highest BCUT2D eigenvalue weighted by molar-refractivity contribution is 7.17. The average Bonchev–Trinajstić information content (AvgIpc) is 3.07. The number of piperazine rings is 1. The standard InChI is InChI=1S/C17H19ClN4OS/c18-15-6-5-14(24-15)17(23)22-9-7-21(8-10-22)16-11-12-3-1-2-4-13(12)19-20-16/h5-6,11H,1-4,7-10H2. The maximum atomic E-state index is 12.5. The number of carbonyl (C=O) groups is 1. The number of thiophene rings is 1. The molecule has 1 amide bonds. The lowest BCUT2D eigenvalue weighted by Gasteiger charge is -2.35. The van der Waals surface area contributed by atoms with Crippen molar-refractivity contribution in [2.24, 2.45) is 0 Å². The van der Waals surface area contributed by atoms with Gasteiger partial charge in [-0.25, -0.2) is 0 Å². The van der Waals surface area contributed by atoms with E-state index in [2.05, 4.69) is 21.2 Å². The molecule has 1 saturated heterocycles. The molecule has 0 radical (unpaired) electrons. The van der Waals surface area contributed by atoms with E-state index in [4.69, 9.17) is 11.6 Å². The highest BCUT2D eigenvalue weighted by Gasteiger charge is 2.24. The van der Waals surface area contributed by atoms with Crippen LogP contribution in [-0.2, 0) is 12.8 Å². The van der Waals surface area contributed by atoms with Gasteiger partial charge >= 0.3 is 0 Å². The molecule has 2 aromatic heterocycles. The number of halogens is 1. The number of hydrogen-bond acceptors (Lipinski definition) is 5. The zero-order chi connectivity index (χ0) is 16.5. The Labute approximate surface area is 150 Å². The molecule has 1 aliphatic carbocycles. The molecule has 2 aliphatic rings. The predicted molar refractivity (Wildman–Crippen MR) is 96.1 cm³/mol. The summed E-state index contributed by atoms with van der Waals surface area (Å²) in [6.07, 6.45) is 4.61. The fraction of sp³-hybridized carbons (Fsp3) is 0.471. The monoisotopic (exact) mass is 362 g/mol. The van der Waals surface area contributed by atoms with Gasteiger partial charge in [-0.3, -0.25) is 4.79 Å². The van der Waals surface area contributed by atoms with Gasteiger partial charge in [0.05, 0.1) is 14.9 Å². The summed E-state index contributed by atoms with van der Waals surface area (Å²) < 4.78 is 0.654. The van der Waals surface area contributed by atoms with E-state index in [1.807, 2.05) is 4.90 Å². The van der Waals surface area contributed by atoms with Crippen LogP contribution in [0.3, 0.4) is 0 Å². The molecule has 7 heteroatoms. The van der Waals surface area contributed by atoms with Gasteiger partial charge in [0.25, 0.3) is 5.91 Å². The van der Waals surface area contributed by atoms with Crippen molar-refractivity contribution in [2.75, 3.05) is 31.1 Å².